The molecule has 1 amide bonds. The first kappa shape index (κ1) is 21.8. The molecule has 1 aliphatic carbocycles. The Kier molecular flexibility index (Phi) is 5.12. The van der Waals surface area contributed by atoms with Gasteiger partial charge in [-0.25, -0.2) is 9.78 Å². The lowest BCUT2D eigenvalue weighted by Crippen LogP contribution is -2.62. The standard InChI is InChI=1S/C25H29N7O3/c1-16(2)35-24(33)30-12-17-8-19(34-3)4-5-20(17)32-22(13-30)28-29-23(32)18-9-25(10-18)14-31(15-25)21-11-26-6-7-27-21/h4-8,11,16,18H,9-10,12-15H2,1-3H3. The maximum absolute atomic E-state index is 12.8. The van der Waals surface area contributed by atoms with Crippen LogP contribution >= 0.6 is 0 Å². The molecule has 1 aromatic carbocycles. The summed E-state index contributed by atoms with van der Waals surface area (Å²) < 4.78 is 13.1. The maximum Gasteiger partial charge on any atom is 0.410 e. The number of hydrogen-bond donors (Lipinski definition) is 0. The highest BCUT2D eigenvalue weighted by atomic mass is 16.6. The Bertz CT molecular complexity index is 1250. The van der Waals surface area contributed by atoms with Gasteiger partial charge in [-0.2, -0.15) is 0 Å². The third-order valence-electron chi connectivity index (χ3n) is 7.22. The number of anilines is 1. The van der Waals surface area contributed by atoms with Crippen LogP contribution in [0.5, 0.6) is 5.75 Å². The van der Waals surface area contributed by atoms with Crippen LogP contribution in [-0.4, -0.2) is 62.0 Å². The van der Waals surface area contributed by atoms with Gasteiger partial charge >= 0.3 is 6.09 Å². The molecule has 0 atom stereocenters. The van der Waals surface area contributed by atoms with Crippen LogP contribution in [0.2, 0.25) is 0 Å². The molecule has 2 aromatic heterocycles. The highest BCUT2D eigenvalue weighted by molar-refractivity contribution is 5.68. The Morgan fingerprint density at radius 2 is 1.97 bits per heavy atom. The second kappa shape index (κ2) is 8.21. The number of methoxy groups -OCH3 is 1. The van der Waals surface area contributed by atoms with E-state index in [9.17, 15) is 4.79 Å². The fraction of sp³-hybridized carbons (Fsp3) is 0.480. The van der Waals surface area contributed by atoms with Crippen molar-refractivity contribution < 1.29 is 14.3 Å². The Hall–Kier alpha value is -3.69. The average Bonchev–Trinajstić information content (AvgIpc) is 3.12. The summed E-state index contributed by atoms with van der Waals surface area (Å²) in [7, 11) is 1.65. The zero-order valence-corrected chi connectivity index (χ0v) is 20.2. The number of nitrogens with zero attached hydrogens (tertiary/aromatic N) is 7. The van der Waals surface area contributed by atoms with Crippen LogP contribution in [0.3, 0.4) is 0 Å². The molecule has 2 fully saturated rings. The molecule has 3 aliphatic rings. The highest BCUT2D eigenvalue weighted by Crippen LogP contribution is 2.56. The van der Waals surface area contributed by atoms with Gasteiger partial charge in [0.15, 0.2) is 5.82 Å². The third-order valence-corrected chi connectivity index (χ3v) is 7.22. The van der Waals surface area contributed by atoms with E-state index in [-0.39, 0.29) is 12.2 Å². The van der Waals surface area contributed by atoms with Crippen LogP contribution in [0.15, 0.2) is 36.8 Å². The summed E-state index contributed by atoms with van der Waals surface area (Å²) in [6, 6.07) is 5.97. The van der Waals surface area contributed by atoms with E-state index < -0.39 is 0 Å². The Morgan fingerprint density at radius 3 is 2.69 bits per heavy atom. The molecule has 10 nitrogen and oxygen atoms in total. The number of fused-ring (bicyclic) bond motifs is 3. The minimum absolute atomic E-state index is 0.195. The minimum Gasteiger partial charge on any atom is -0.497 e. The number of carbonyl (C=O) groups excluding carboxylic acids is 1. The Balaban J connectivity index is 1.26. The lowest BCUT2D eigenvalue weighted by molar-refractivity contribution is 0.0581. The van der Waals surface area contributed by atoms with Crippen molar-refractivity contribution >= 4 is 11.9 Å². The number of ether oxygens (including phenoxy) is 2. The summed E-state index contributed by atoms with van der Waals surface area (Å²) in [4.78, 5) is 25.4. The summed E-state index contributed by atoms with van der Waals surface area (Å²) in [5.41, 5.74) is 2.28. The van der Waals surface area contributed by atoms with Gasteiger partial charge in [0, 0.05) is 36.8 Å². The van der Waals surface area contributed by atoms with Crippen molar-refractivity contribution in [2.24, 2.45) is 5.41 Å². The molecule has 3 aromatic rings. The van der Waals surface area contributed by atoms with Gasteiger partial charge in [0.25, 0.3) is 0 Å². The van der Waals surface area contributed by atoms with Gasteiger partial charge in [-0.1, -0.05) is 0 Å². The van der Waals surface area contributed by atoms with Gasteiger partial charge in [-0.3, -0.25) is 14.5 Å². The Labute approximate surface area is 203 Å². The monoisotopic (exact) mass is 475 g/mol. The lowest BCUT2D eigenvalue weighted by atomic mass is 9.57. The first-order valence-corrected chi connectivity index (χ1v) is 12.0. The number of benzene rings is 1. The molecule has 10 heteroatoms. The summed E-state index contributed by atoms with van der Waals surface area (Å²) in [6.45, 7) is 6.45. The number of amides is 1. The molecule has 182 valence electrons. The van der Waals surface area contributed by atoms with E-state index >= 15 is 0 Å². The topological polar surface area (TPSA) is 98.5 Å². The van der Waals surface area contributed by atoms with Crippen molar-refractivity contribution in [1.82, 2.24) is 29.6 Å². The SMILES string of the molecule is COc1ccc2c(c1)CN(C(=O)OC(C)C)Cc1nnc(C3CC4(C3)CN(c3cnccn3)C4)n1-2. The van der Waals surface area contributed by atoms with Gasteiger partial charge < -0.3 is 14.4 Å². The van der Waals surface area contributed by atoms with Crippen molar-refractivity contribution in [3.05, 3.63) is 54.0 Å². The average molecular weight is 476 g/mol. The lowest BCUT2D eigenvalue weighted by Gasteiger charge is -2.59. The summed E-state index contributed by atoms with van der Waals surface area (Å²) >= 11 is 0. The van der Waals surface area contributed by atoms with Gasteiger partial charge in [0.1, 0.15) is 17.4 Å². The predicted octanol–water partition coefficient (Wildman–Crippen LogP) is 3.31. The van der Waals surface area contributed by atoms with Gasteiger partial charge in [-0.15, -0.1) is 10.2 Å². The molecule has 4 heterocycles. The smallest absolute Gasteiger partial charge is 0.410 e. The van der Waals surface area contributed by atoms with E-state index in [1.165, 1.54) is 0 Å². The maximum atomic E-state index is 12.8. The molecule has 1 spiro atoms. The van der Waals surface area contributed by atoms with Gasteiger partial charge in [0.05, 0.1) is 38.2 Å². The van der Waals surface area contributed by atoms with E-state index in [1.807, 2.05) is 38.2 Å². The highest BCUT2D eigenvalue weighted by Gasteiger charge is 2.54. The normalized spacial score (nSPS) is 18.4. The van der Waals surface area contributed by atoms with E-state index in [2.05, 4.69) is 29.6 Å². The van der Waals surface area contributed by atoms with Crippen LogP contribution in [0.4, 0.5) is 10.6 Å². The second-order valence-corrected chi connectivity index (χ2v) is 10.1. The predicted molar refractivity (Wildman–Crippen MR) is 127 cm³/mol. The van der Waals surface area contributed by atoms with Crippen molar-refractivity contribution in [2.75, 3.05) is 25.1 Å². The third kappa shape index (κ3) is 3.77. The number of hydrogen-bond acceptors (Lipinski definition) is 8. The van der Waals surface area contributed by atoms with Crippen LogP contribution in [0.25, 0.3) is 5.69 Å². The molecular weight excluding hydrogens is 446 g/mol. The molecule has 0 unspecified atom stereocenters. The first-order chi connectivity index (χ1) is 16.9. The van der Waals surface area contributed by atoms with Crippen LogP contribution in [-0.2, 0) is 17.8 Å². The molecule has 0 N–H and O–H groups in total. The minimum atomic E-state index is -0.354. The second-order valence-electron chi connectivity index (χ2n) is 10.1. The van der Waals surface area contributed by atoms with Crippen molar-refractivity contribution in [3.8, 4) is 11.4 Å². The number of carbonyl (C=O) groups is 1. The molecule has 35 heavy (non-hydrogen) atoms. The van der Waals surface area contributed by atoms with E-state index in [0.29, 0.717) is 24.4 Å². The molecule has 1 saturated heterocycles. The zero-order chi connectivity index (χ0) is 24.2. The summed E-state index contributed by atoms with van der Waals surface area (Å²) in [5.74, 6) is 3.73. The number of rotatable bonds is 4. The molecule has 0 radical (unpaired) electrons. The largest absolute Gasteiger partial charge is 0.497 e. The summed E-state index contributed by atoms with van der Waals surface area (Å²) in [5, 5.41) is 9.16. The molecule has 2 aliphatic heterocycles. The molecular formula is C25H29N7O3. The Morgan fingerprint density at radius 1 is 1.14 bits per heavy atom. The van der Waals surface area contributed by atoms with E-state index in [1.54, 1.807) is 24.4 Å². The first-order valence-electron chi connectivity index (χ1n) is 12.0. The van der Waals surface area contributed by atoms with Crippen LogP contribution in [0.1, 0.15) is 49.8 Å². The van der Waals surface area contributed by atoms with Gasteiger partial charge in [0.2, 0.25) is 0 Å². The fourth-order valence-electron chi connectivity index (χ4n) is 5.64. The van der Waals surface area contributed by atoms with Crippen molar-refractivity contribution in [3.63, 3.8) is 0 Å². The molecule has 6 rings (SSSR count). The van der Waals surface area contributed by atoms with Crippen LogP contribution < -0.4 is 9.64 Å². The van der Waals surface area contributed by atoms with Crippen molar-refractivity contribution in [1.29, 1.82) is 0 Å². The van der Waals surface area contributed by atoms with E-state index in [4.69, 9.17) is 9.47 Å². The van der Waals surface area contributed by atoms with E-state index in [0.717, 1.165) is 60.4 Å². The quantitative estimate of drug-likeness (QED) is 0.567. The van der Waals surface area contributed by atoms with Crippen LogP contribution in [0, 0.1) is 5.41 Å². The fourth-order valence-corrected chi connectivity index (χ4v) is 5.64. The van der Waals surface area contributed by atoms with Gasteiger partial charge in [-0.05, 0) is 50.5 Å². The summed E-state index contributed by atoms with van der Waals surface area (Å²) in [6.07, 6.45) is 6.84. The number of aromatic nitrogens is 5. The zero-order valence-electron chi connectivity index (χ0n) is 20.2. The molecule has 0 bridgehead atoms. The van der Waals surface area contributed by atoms with Crippen molar-refractivity contribution in [2.45, 2.75) is 51.8 Å². The molecule has 1 saturated carbocycles.